The average molecular weight is 346 g/mol. The molecule has 2 aromatic carbocycles. The van der Waals surface area contributed by atoms with Gasteiger partial charge in [0.15, 0.2) is 0 Å². The molecule has 7 heteroatoms. The fourth-order valence-electron chi connectivity index (χ4n) is 2.48. The number of anilines is 1. The molecule has 0 bridgehead atoms. The molecule has 128 valence electrons. The van der Waals surface area contributed by atoms with Gasteiger partial charge in [-0.3, -0.25) is 19.9 Å². The average Bonchev–Trinajstić information content (AvgIpc) is 3.08. The van der Waals surface area contributed by atoms with Gasteiger partial charge in [-0.1, -0.05) is 35.9 Å². The Morgan fingerprint density at radius 2 is 1.77 bits per heavy atom. The number of carbonyl (C=O) groups is 1. The quantitative estimate of drug-likeness (QED) is 0.593. The molecule has 0 saturated carbocycles. The molecular formula is C19H14N4O3. The second kappa shape index (κ2) is 6.29. The Kier molecular flexibility index (Phi) is 3.81. The van der Waals surface area contributed by atoms with Crippen molar-refractivity contribution in [3.8, 4) is 11.5 Å². The lowest BCUT2D eigenvalue weighted by atomic mass is 10.1. The summed E-state index contributed by atoms with van der Waals surface area (Å²) in [5.74, 6) is -0.0686. The number of hydrogen-bond acceptors (Lipinski definition) is 5. The number of aryl methyl sites for hydroxylation is 1. The van der Waals surface area contributed by atoms with Gasteiger partial charge in [-0.15, -0.1) is 0 Å². The predicted molar refractivity (Wildman–Crippen MR) is 97.0 cm³/mol. The summed E-state index contributed by atoms with van der Waals surface area (Å²) in [5, 5.41) is 2.57. The zero-order chi connectivity index (χ0) is 18.1. The van der Waals surface area contributed by atoms with Gasteiger partial charge < -0.3 is 4.42 Å². The van der Waals surface area contributed by atoms with Crippen LogP contribution in [0.2, 0.25) is 0 Å². The van der Waals surface area contributed by atoms with Crippen LogP contribution in [-0.2, 0) is 0 Å². The van der Waals surface area contributed by atoms with Crippen molar-refractivity contribution in [3.63, 3.8) is 0 Å². The number of hydrogen-bond donors (Lipinski definition) is 2. The van der Waals surface area contributed by atoms with Crippen molar-refractivity contribution in [1.29, 1.82) is 0 Å². The minimum atomic E-state index is -0.510. The first kappa shape index (κ1) is 15.8. The number of amides is 1. The molecule has 4 rings (SSSR count). The largest absolute Gasteiger partial charge is 0.428 e. The Morgan fingerprint density at radius 3 is 2.50 bits per heavy atom. The van der Waals surface area contributed by atoms with E-state index in [9.17, 15) is 9.59 Å². The monoisotopic (exact) mass is 346 g/mol. The number of aromatic amines is 1. The third-order valence-electron chi connectivity index (χ3n) is 3.83. The first-order valence-corrected chi connectivity index (χ1v) is 7.94. The number of nitrogens with one attached hydrogen (secondary N) is 2. The Hall–Kier alpha value is -3.74. The second-order valence-electron chi connectivity index (χ2n) is 5.77. The Balaban J connectivity index is 1.67. The highest BCUT2D eigenvalue weighted by Gasteiger charge is 2.15. The molecule has 2 aromatic heterocycles. The number of carbonyl (C=O) groups excluding carboxylic acids is 1. The molecule has 1 amide bonds. The lowest BCUT2D eigenvalue weighted by Gasteiger charge is -2.04. The van der Waals surface area contributed by atoms with Gasteiger partial charge in [-0.05, 0) is 31.2 Å². The number of H-pyrrole nitrogens is 1. The van der Waals surface area contributed by atoms with E-state index >= 15 is 0 Å². The van der Waals surface area contributed by atoms with E-state index < -0.39 is 5.56 Å². The van der Waals surface area contributed by atoms with Gasteiger partial charge in [-0.25, -0.2) is 0 Å². The van der Waals surface area contributed by atoms with Crippen LogP contribution < -0.4 is 10.9 Å². The highest BCUT2D eigenvalue weighted by Crippen LogP contribution is 2.21. The van der Waals surface area contributed by atoms with Crippen molar-refractivity contribution in [2.45, 2.75) is 6.92 Å². The van der Waals surface area contributed by atoms with Crippen molar-refractivity contribution in [3.05, 3.63) is 76.1 Å². The topological polar surface area (TPSA) is 101 Å². The standard InChI is InChI=1S/C19H14N4O3/c1-11-7-9-12(10-8-11)16(24)22-19-21-15-14(17(25)23-19)26-18(20-15)13-5-3-2-4-6-13/h2-10H,1H3,(H2,21,22,23,24,25). The minimum Gasteiger partial charge on any atom is -0.428 e. The molecule has 0 fully saturated rings. The van der Waals surface area contributed by atoms with Crippen LogP contribution in [0.5, 0.6) is 0 Å². The Labute approximate surface area is 147 Å². The number of benzene rings is 2. The van der Waals surface area contributed by atoms with Gasteiger partial charge in [0.25, 0.3) is 11.5 Å². The fourth-order valence-corrected chi connectivity index (χ4v) is 2.48. The van der Waals surface area contributed by atoms with E-state index in [1.54, 1.807) is 12.1 Å². The van der Waals surface area contributed by atoms with E-state index in [-0.39, 0.29) is 23.1 Å². The molecule has 2 heterocycles. The second-order valence-corrected chi connectivity index (χ2v) is 5.77. The molecule has 4 aromatic rings. The summed E-state index contributed by atoms with van der Waals surface area (Å²) in [6.45, 7) is 1.93. The van der Waals surface area contributed by atoms with Crippen LogP contribution >= 0.6 is 0 Å². The molecule has 0 aliphatic carbocycles. The van der Waals surface area contributed by atoms with E-state index in [2.05, 4.69) is 20.3 Å². The number of fused-ring (bicyclic) bond motifs is 1. The first-order chi connectivity index (χ1) is 12.6. The predicted octanol–water partition coefficient (Wildman–Crippen LogP) is 3.14. The SMILES string of the molecule is Cc1ccc(C(=O)Nc2nc3nc(-c4ccccc4)oc3c(=O)[nH]2)cc1. The molecule has 0 spiro atoms. The summed E-state index contributed by atoms with van der Waals surface area (Å²) < 4.78 is 5.51. The van der Waals surface area contributed by atoms with E-state index in [4.69, 9.17) is 4.42 Å². The number of nitrogens with zero attached hydrogens (tertiary/aromatic N) is 2. The summed E-state index contributed by atoms with van der Waals surface area (Å²) in [6, 6.07) is 16.3. The molecule has 7 nitrogen and oxygen atoms in total. The third-order valence-corrected chi connectivity index (χ3v) is 3.83. The maximum Gasteiger partial charge on any atom is 0.297 e. The zero-order valence-electron chi connectivity index (χ0n) is 13.8. The smallest absolute Gasteiger partial charge is 0.297 e. The minimum absolute atomic E-state index is 0.0113. The van der Waals surface area contributed by atoms with Gasteiger partial charge >= 0.3 is 0 Å². The van der Waals surface area contributed by atoms with Gasteiger partial charge in [0.05, 0.1) is 0 Å². The van der Waals surface area contributed by atoms with Crippen LogP contribution in [0.15, 0.2) is 63.8 Å². The molecule has 0 saturated heterocycles. The molecule has 0 unspecified atom stereocenters. The van der Waals surface area contributed by atoms with E-state index in [0.717, 1.165) is 11.1 Å². The van der Waals surface area contributed by atoms with Crippen LogP contribution in [0.3, 0.4) is 0 Å². The molecule has 0 radical (unpaired) electrons. The van der Waals surface area contributed by atoms with E-state index in [1.165, 1.54) is 0 Å². The molecule has 0 aliphatic heterocycles. The van der Waals surface area contributed by atoms with Crippen LogP contribution in [0, 0.1) is 6.92 Å². The Bertz CT molecular complexity index is 1150. The zero-order valence-corrected chi connectivity index (χ0v) is 13.8. The van der Waals surface area contributed by atoms with Crippen molar-refractivity contribution in [2.24, 2.45) is 0 Å². The molecular weight excluding hydrogens is 332 g/mol. The van der Waals surface area contributed by atoms with Gasteiger partial charge in [0.2, 0.25) is 23.1 Å². The van der Waals surface area contributed by atoms with Crippen molar-refractivity contribution < 1.29 is 9.21 Å². The van der Waals surface area contributed by atoms with E-state index in [0.29, 0.717) is 11.5 Å². The maximum atomic E-state index is 12.3. The number of aromatic nitrogens is 3. The van der Waals surface area contributed by atoms with Gasteiger partial charge in [0, 0.05) is 11.1 Å². The summed E-state index contributed by atoms with van der Waals surface area (Å²) in [6.07, 6.45) is 0. The van der Waals surface area contributed by atoms with Crippen LogP contribution in [0.4, 0.5) is 5.95 Å². The number of rotatable bonds is 3. The summed E-state index contributed by atoms with van der Waals surface area (Å²) in [4.78, 5) is 35.4. The van der Waals surface area contributed by atoms with Crippen LogP contribution in [0.25, 0.3) is 22.7 Å². The van der Waals surface area contributed by atoms with Gasteiger partial charge in [-0.2, -0.15) is 9.97 Å². The van der Waals surface area contributed by atoms with Crippen LogP contribution in [0.1, 0.15) is 15.9 Å². The van der Waals surface area contributed by atoms with E-state index in [1.807, 2.05) is 49.4 Å². The van der Waals surface area contributed by atoms with Crippen molar-refractivity contribution in [1.82, 2.24) is 15.0 Å². The molecule has 2 N–H and O–H groups in total. The normalized spacial score (nSPS) is 10.8. The lowest BCUT2D eigenvalue weighted by Crippen LogP contribution is -2.18. The lowest BCUT2D eigenvalue weighted by molar-refractivity contribution is 0.102. The van der Waals surface area contributed by atoms with Crippen LogP contribution in [-0.4, -0.2) is 20.9 Å². The summed E-state index contributed by atoms with van der Waals surface area (Å²) in [7, 11) is 0. The molecule has 26 heavy (non-hydrogen) atoms. The third kappa shape index (κ3) is 2.98. The molecule has 0 atom stereocenters. The highest BCUT2D eigenvalue weighted by atomic mass is 16.4. The molecule has 0 aliphatic rings. The number of oxazole rings is 1. The Morgan fingerprint density at radius 1 is 1.04 bits per heavy atom. The first-order valence-electron chi connectivity index (χ1n) is 7.94. The maximum absolute atomic E-state index is 12.3. The fraction of sp³-hybridized carbons (Fsp3) is 0.0526. The van der Waals surface area contributed by atoms with Crippen molar-refractivity contribution >= 4 is 23.1 Å². The van der Waals surface area contributed by atoms with Crippen molar-refractivity contribution in [2.75, 3.05) is 5.32 Å². The van der Waals surface area contributed by atoms with Gasteiger partial charge in [0.1, 0.15) is 0 Å². The highest BCUT2D eigenvalue weighted by molar-refractivity contribution is 6.03. The summed E-state index contributed by atoms with van der Waals surface area (Å²) in [5.41, 5.74) is 1.87. The summed E-state index contributed by atoms with van der Waals surface area (Å²) >= 11 is 0.